The van der Waals surface area contributed by atoms with Gasteiger partial charge in [-0.25, -0.2) is 9.97 Å². The molecule has 0 unspecified atom stereocenters. The average Bonchev–Trinajstić information content (AvgIpc) is 1.40. The van der Waals surface area contributed by atoms with Crippen LogP contribution in [0.5, 0.6) is 0 Å². The molecule has 4 nitrogen and oxygen atoms in total. The Hall–Kier alpha value is -10.6. The van der Waals surface area contributed by atoms with Crippen LogP contribution in [0.4, 0.5) is 0 Å². The smallest absolute Gasteiger partial charge is 0.399 e. The molecule has 18 aromatic rings. The van der Waals surface area contributed by atoms with Gasteiger partial charge in [0, 0.05) is 62.6 Å². The molecular weight excluding hydrogens is 1200 g/mol. The van der Waals surface area contributed by atoms with Crippen molar-refractivity contribution in [2.24, 2.45) is 0 Å². The van der Waals surface area contributed by atoms with Gasteiger partial charge in [-0.15, -0.1) is 22.7 Å². The Morgan fingerprint density at radius 3 is 1.09 bits per heavy atom. The van der Waals surface area contributed by atoms with E-state index in [1.807, 2.05) is 22.7 Å². The predicted molar refractivity (Wildman–Crippen MR) is 413 cm³/mol. The van der Waals surface area contributed by atoms with E-state index in [0.717, 1.165) is 39.4 Å². The molecular formula is C89H65BN2O2S2. The van der Waals surface area contributed by atoms with Gasteiger partial charge in [0.1, 0.15) is 0 Å². The van der Waals surface area contributed by atoms with Crippen molar-refractivity contribution >= 4 is 140 Å². The van der Waals surface area contributed by atoms with E-state index in [-0.39, 0.29) is 18.3 Å². The quantitative estimate of drug-likeness (QED) is 0.123. The number of rotatable bonds is 6. The molecule has 19 rings (SSSR count). The Kier molecular flexibility index (Phi) is 14.8. The molecule has 0 bridgehead atoms. The van der Waals surface area contributed by atoms with Gasteiger partial charge in [0.25, 0.3) is 0 Å². The summed E-state index contributed by atoms with van der Waals surface area (Å²) in [5.74, 6) is 0. The van der Waals surface area contributed by atoms with Gasteiger partial charge in [-0.05, 0) is 170 Å². The third-order valence-corrected chi connectivity index (χ3v) is 22.1. The minimum absolute atomic E-state index is 0.335. The fourth-order valence-corrected chi connectivity index (χ4v) is 16.6. The van der Waals surface area contributed by atoms with E-state index in [0.29, 0.717) is 0 Å². The Morgan fingerprint density at radius 1 is 0.271 bits per heavy atom. The van der Waals surface area contributed by atoms with Gasteiger partial charge in [-0.2, -0.15) is 0 Å². The van der Waals surface area contributed by atoms with Gasteiger partial charge < -0.3 is 9.31 Å². The van der Waals surface area contributed by atoms with Crippen LogP contribution in [-0.4, -0.2) is 28.3 Å². The van der Waals surface area contributed by atoms with E-state index in [2.05, 4.69) is 338 Å². The van der Waals surface area contributed by atoms with Gasteiger partial charge in [0.2, 0.25) is 0 Å². The molecule has 7 heteroatoms. The first-order valence-corrected chi connectivity index (χ1v) is 34.6. The van der Waals surface area contributed by atoms with Crippen LogP contribution in [0.3, 0.4) is 0 Å². The molecule has 0 N–H and O–H groups in total. The number of hydrogen-bond acceptors (Lipinski definition) is 6. The van der Waals surface area contributed by atoms with E-state index in [1.54, 1.807) is 0 Å². The lowest BCUT2D eigenvalue weighted by Gasteiger charge is -2.32. The SMILES string of the molecule is CC1(C)OB(c2ccc3c4ccccc4c4ccccc4c3c2)OC1(C)C.Cc1cccc(-c2cccc(-c3cccc4c3sc3ccccc34)n2)c1.c1cc(-c2ccc3c4ccccc4c4ccccc4c3c2)cc(-c2cccc(-c3cccc4c3sc3ccccc34)n2)c1. The summed E-state index contributed by atoms with van der Waals surface area (Å²) >= 11 is 3.69. The lowest BCUT2D eigenvalue weighted by Crippen LogP contribution is -2.41. The first kappa shape index (κ1) is 59.1. The summed E-state index contributed by atoms with van der Waals surface area (Å²) in [5.41, 5.74) is 12.8. The minimum atomic E-state index is -0.343. The summed E-state index contributed by atoms with van der Waals surface area (Å²) in [5, 5.41) is 20.7. The van der Waals surface area contributed by atoms with Crippen molar-refractivity contribution in [3.8, 4) is 56.2 Å². The largest absolute Gasteiger partial charge is 0.494 e. The number of pyridine rings is 2. The Morgan fingerprint density at radius 2 is 0.615 bits per heavy atom. The van der Waals surface area contributed by atoms with Crippen molar-refractivity contribution in [1.82, 2.24) is 9.97 Å². The summed E-state index contributed by atoms with van der Waals surface area (Å²) in [6, 6.07) is 109. The molecule has 1 fully saturated rings. The number of thiophene rings is 2. The summed E-state index contributed by atoms with van der Waals surface area (Å²) in [7, 11) is -0.343. The van der Waals surface area contributed by atoms with Crippen LogP contribution in [0.2, 0.25) is 0 Å². The summed E-state index contributed by atoms with van der Waals surface area (Å²) in [4.78, 5) is 10.2. The van der Waals surface area contributed by atoms with E-state index in [4.69, 9.17) is 19.3 Å². The molecule has 1 saturated heterocycles. The highest BCUT2D eigenvalue weighted by Gasteiger charge is 2.51. The van der Waals surface area contributed by atoms with E-state index < -0.39 is 0 Å². The summed E-state index contributed by atoms with van der Waals surface area (Å²) < 4.78 is 17.8. The van der Waals surface area contributed by atoms with Gasteiger partial charge in [0.15, 0.2) is 0 Å². The van der Waals surface area contributed by atoms with Crippen LogP contribution in [0.1, 0.15) is 33.3 Å². The van der Waals surface area contributed by atoms with Gasteiger partial charge in [-0.3, -0.25) is 0 Å². The predicted octanol–water partition coefficient (Wildman–Crippen LogP) is 24.4. The minimum Gasteiger partial charge on any atom is -0.399 e. The zero-order valence-electron chi connectivity index (χ0n) is 54.0. The maximum Gasteiger partial charge on any atom is 0.494 e. The molecule has 0 amide bonds. The van der Waals surface area contributed by atoms with Gasteiger partial charge >= 0.3 is 7.12 Å². The second kappa shape index (κ2) is 24.0. The lowest BCUT2D eigenvalue weighted by atomic mass is 9.77. The first-order valence-electron chi connectivity index (χ1n) is 32.9. The molecule has 0 saturated carbocycles. The van der Waals surface area contributed by atoms with E-state index in [9.17, 15) is 0 Å². The van der Waals surface area contributed by atoms with Crippen molar-refractivity contribution in [3.05, 3.63) is 309 Å². The van der Waals surface area contributed by atoms with Crippen molar-refractivity contribution in [2.75, 3.05) is 0 Å². The topological polar surface area (TPSA) is 44.2 Å². The fourth-order valence-electron chi connectivity index (χ4n) is 14.2. The molecule has 0 atom stereocenters. The molecule has 5 heterocycles. The second-order valence-corrected chi connectivity index (χ2v) is 28.3. The summed E-state index contributed by atoms with van der Waals surface area (Å²) in [6.45, 7) is 10.5. The number of hydrogen-bond donors (Lipinski definition) is 0. The van der Waals surface area contributed by atoms with Gasteiger partial charge in [-0.1, -0.05) is 254 Å². The maximum atomic E-state index is 6.28. The molecule has 96 heavy (non-hydrogen) atoms. The highest BCUT2D eigenvalue weighted by Crippen LogP contribution is 2.44. The van der Waals surface area contributed by atoms with E-state index >= 15 is 0 Å². The Balaban J connectivity index is 0.000000114. The monoisotopic (exact) mass is 1270 g/mol. The standard InChI is InChI=1S/C41H25NS.C24H23BO2.C24H17NS/c1-2-14-31-29(12-1)30-13-3-4-15-32(30)37-25-27(22-23-33(31)37)26-10-7-11-28(24-26)38-19-9-20-39(42-38)36-18-8-17-35-34-16-5-6-21-40(34)43-41(35)36;1-23(2)24(3,4)27-25(26-23)16-13-14-21-19-11-6-5-9-17(19)18-10-7-8-12-20(18)22(21)15-16;1-16-7-4-8-17(15-16)21-12-6-13-22(25-21)20-11-5-10-19-18-9-2-3-14-23(18)26-24(19)20/h1-25H;5-15H,1-4H3;2-15H,1H3. The van der Waals surface area contributed by atoms with Crippen molar-refractivity contribution in [3.63, 3.8) is 0 Å². The molecule has 0 aliphatic carbocycles. The zero-order chi connectivity index (χ0) is 64.7. The Labute approximate surface area is 566 Å². The number of fused-ring (bicyclic) bond motifs is 18. The van der Waals surface area contributed by atoms with Crippen LogP contribution in [0, 0.1) is 6.92 Å². The molecule has 0 spiro atoms. The average molecular weight is 1270 g/mol. The molecule has 1 aliphatic rings. The number of aromatic nitrogens is 2. The molecule has 14 aromatic carbocycles. The lowest BCUT2D eigenvalue weighted by molar-refractivity contribution is 0.00578. The Bertz CT molecular complexity index is 6020. The zero-order valence-corrected chi connectivity index (χ0v) is 55.6. The highest BCUT2D eigenvalue weighted by molar-refractivity contribution is 7.26. The molecule has 458 valence electrons. The van der Waals surface area contributed by atoms with Crippen LogP contribution in [-0.2, 0) is 9.31 Å². The summed E-state index contributed by atoms with van der Waals surface area (Å²) in [6.07, 6.45) is 0. The third kappa shape index (κ3) is 10.5. The highest BCUT2D eigenvalue weighted by atomic mass is 32.1. The van der Waals surface area contributed by atoms with Crippen LogP contribution in [0.25, 0.3) is 161 Å². The molecule has 0 radical (unpaired) electrons. The fraction of sp³-hybridized carbons (Fsp3) is 0.0787. The van der Waals surface area contributed by atoms with Crippen molar-refractivity contribution < 1.29 is 9.31 Å². The second-order valence-electron chi connectivity index (χ2n) is 26.2. The number of aryl methyl sites for hydroxylation is 1. The van der Waals surface area contributed by atoms with Crippen molar-refractivity contribution in [2.45, 2.75) is 45.8 Å². The van der Waals surface area contributed by atoms with Crippen LogP contribution < -0.4 is 5.46 Å². The first-order chi connectivity index (χ1) is 47.0. The third-order valence-electron chi connectivity index (χ3n) is 19.7. The number of nitrogens with zero attached hydrogens (tertiary/aromatic N) is 2. The normalized spacial score (nSPS) is 13.5. The van der Waals surface area contributed by atoms with Crippen molar-refractivity contribution in [1.29, 1.82) is 0 Å². The van der Waals surface area contributed by atoms with Crippen LogP contribution >= 0.6 is 22.7 Å². The molecule has 1 aliphatic heterocycles. The molecule has 4 aromatic heterocycles. The van der Waals surface area contributed by atoms with Gasteiger partial charge in [0.05, 0.1) is 34.0 Å². The van der Waals surface area contributed by atoms with E-state index in [1.165, 1.54) is 133 Å². The van der Waals surface area contributed by atoms with Crippen LogP contribution in [0.15, 0.2) is 303 Å². The number of benzene rings is 14. The maximum absolute atomic E-state index is 6.28.